The predicted molar refractivity (Wildman–Crippen MR) is 80.4 cm³/mol. The van der Waals surface area contributed by atoms with Crippen LogP contribution in [0.2, 0.25) is 0 Å². The van der Waals surface area contributed by atoms with Crippen LogP contribution in [0.15, 0.2) is 18.2 Å². The van der Waals surface area contributed by atoms with Crippen LogP contribution in [-0.4, -0.2) is 44.0 Å². The molecule has 0 heterocycles. The lowest BCUT2D eigenvalue weighted by molar-refractivity contribution is 0.300. The molecule has 0 aliphatic rings. The van der Waals surface area contributed by atoms with Crippen molar-refractivity contribution in [2.45, 2.75) is 18.2 Å². The van der Waals surface area contributed by atoms with Crippen LogP contribution in [0.4, 0.5) is 0 Å². The van der Waals surface area contributed by atoms with E-state index in [1.807, 2.05) is 32.2 Å². The van der Waals surface area contributed by atoms with E-state index in [-0.39, 0.29) is 17.9 Å². The molecule has 1 aromatic carbocycles. The lowest BCUT2D eigenvalue weighted by Crippen LogP contribution is -2.20. The molecule has 0 aliphatic heterocycles. The number of ether oxygens (including phenoxy) is 2. The van der Waals surface area contributed by atoms with E-state index in [2.05, 4.69) is 5.32 Å². The molecule has 0 bridgehead atoms. The van der Waals surface area contributed by atoms with Crippen molar-refractivity contribution in [1.82, 2.24) is 5.32 Å². The second kappa shape index (κ2) is 8.30. The molecule has 0 radical (unpaired) electrons. The maximum absolute atomic E-state index is 9.06. The molecule has 4 nitrogen and oxygen atoms in total. The van der Waals surface area contributed by atoms with Gasteiger partial charge in [0, 0.05) is 17.0 Å². The summed E-state index contributed by atoms with van der Waals surface area (Å²) in [5.74, 6) is 2.37. The van der Waals surface area contributed by atoms with Gasteiger partial charge in [0.1, 0.15) is 0 Å². The molecule has 19 heavy (non-hydrogen) atoms. The number of nitrogens with one attached hydrogen (secondary N) is 1. The van der Waals surface area contributed by atoms with Crippen molar-refractivity contribution in [3.8, 4) is 11.5 Å². The quantitative estimate of drug-likeness (QED) is 0.766. The van der Waals surface area contributed by atoms with Crippen LogP contribution in [-0.2, 0) is 0 Å². The van der Waals surface area contributed by atoms with Gasteiger partial charge in [-0.2, -0.15) is 11.8 Å². The predicted octanol–water partition coefficient (Wildman–Crippen LogP) is 2.08. The first kappa shape index (κ1) is 16.1. The first-order valence-corrected chi connectivity index (χ1v) is 7.32. The Morgan fingerprint density at radius 1 is 1.26 bits per heavy atom. The number of rotatable bonds is 8. The van der Waals surface area contributed by atoms with Gasteiger partial charge in [-0.25, -0.2) is 0 Å². The molecule has 2 unspecified atom stereocenters. The van der Waals surface area contributed by atoms with Crippen molar-refractivity contribution in [2.75, 3.05) is 33.6 Å². The van der Waals surface area contributed by atoms with Gasteiger partial charge in [0.25, 0.3) is 0 Å². The van der Waals surface area contributed by atoms with E-state index in [0.29, 0.717) is 0 Å². The zero-order chi connectivity index (χ0) is 14.3. The molecule has 108 valence electrons. The Morgan fingerprint density at radius 3 is 2.47 bits per heavy atom. The van der Waals surface area contributed by atoms with E-state index in [9.17, 15) is 0 Å². The fourth-order valence-electron chi connectivity index (χ4n) is 1.73. The SMILES string of the molecule is CNC(CSC(C)CO)c1ccc(OC)c(OC)c1. The number of hydrogen-bond donors (Lipinski definition) is 2. The maximum atomic E-state index is 9.06. The second-order valence-corrected chi connectivity index (χ2v) is 5.75. The van der Waals surface area contributed by atoms with Crippen molar-refractivity contribution in [2.24, 2.45) is 0 Å². The summed E-state index contributed by atoms with van der Waals surface area (Å²) in [7, 11) is 5.20. The highest BCUT2D eigenvalue weighted by molar-refractivity contribution is 7.99. The third kappa shape index (κ3) is 4.60. The number of aliphatic hydroxyl groups is 1. The van der Waals surface area contributed by atoms with Gasteiger partial charge < -0.3 is 19.9 Å². The van der Waals surface area contributed by atoms with Gasteiger partial charge in [0.2, 0.25) is 0 Å². The molecule has 0 saturated heterocycles. The lowest BCUT2D eigenvalue weighted by atomic mass is 10.1. The Morgan fingerprint density at radius 2 is 1.95 bits per heavy atom. The minimum absolute atomic E-state index is 0.201. The van der Waals surface area contributed by atoms with E-state index in [4.69, 9.17) is 14.6 Å². The Kier molecular flexibility index (Phi) is 7.05. The van der Waals surface area contributed by atoms with Crippen LogP contribution in [0.1, 0.15) is 18.5 Å². The minimum atomic E-state index is 0.201. The van der Waals surface area contributed by atoms with Crippen molar-refractivity contribution in [3.05, 3.63) is 23.8 Å². The van der Waals surface area contributed by atoms with Gasteiger partial charge in [-0.3, -0.25) is 0 Å². The van der Waals surface area contributed by atoms with Crippen LogP contribution < -0.4 is 14.8 Å². The summed E-state index contributed by atoms with van der Waals surface area (Å²) in [6, 6.07) is 6.16. The zero-order valence-corrected chi connectivity index (χ0v) is 12.8. The standard InChI is InChI=1S/C14H23NO3S/c1-10(8-16)19-9-12(15-2)11-5-6-13(17-3)14(7-11)18-4/h5-7,10,12,15-16H,8-9H2,1-4H3. The number of hydrogen-bond acceptors (Lipinski definition) is 5. The number of thioether (sulfide) groups is 1. The molecule has 0 spiro atoms. The zero-order valence-electron chi connectivity index (χ0n) is 12.0. The molecule has 1 aromatic rings. The maximum Gasteiger partial charge on any atom is 0.161 e. The van der Waals surface area contributed by atoms with Gasteiger partial charge in [-0.15, -0.1) is 0 Å². The third-order valence-corrected chi connectivity index (χ3v) is 4.21. The Hall–Kier alpha value is -0.910. The summed E-state index contributed by atoms with van der Waals surface area (Å²) >= 11 is 1.74. The normalized spacial score (nSPS) is 13.9. The fourth-order valence-corrected chi connectivity index (χ4v) is 2.71. The van der Waals surface area contributed by atoms with Crippen molar-refractivity contribution < 1.29 is 14.6 Å². The largest absolute Gasteiger partial charge is 0.493 e. The molecular weight excluding hydrogens is 262 g/mol. The van der Waals surface area contributed by atoms with Crippen LogP contribution in [0.3, 0.4) is 0 Å². The highest BCUT2D eigenvalue weighted by Gasteiger charge is 2.14. The van der Waals surface area contributed by atoms with E-state index < -0.39 is 0 Å². The fraction of sp³-hybridized carbons (Fsp3) is 0.571. The van der Waals surface area contributed by atoms with Crippen LogP contribution in [0.25, 0.3) is 0 Å². The topological polar surface area (TPSA) is 50.7 Å². The lowest BCUT2D eigenvalue weighted by Gasteiger charge is -2.19. The first-order chi connectivity index (χ1) is 9.15. The molecule has 2 atom stereocenters. The van der Waals surface area contributed by atoms with Crippen molar-refractivity contribution in [3.63, 3.8) is 0 Å². The summed E-state index contributed by atoms with van der Waals surface area (Å²) in [4.78, 5) is 0. The van der Waals surface area contributed by atoms with Crippen molar-refractivity contribution >= 4 is 11.8 Å². The highest BCUT2D eigenvalue weighted by atomic mass is 32.2. The monoisotopic (exact) mass is 285 g/mol. The molecule has 2 N–H and O–H groups in total. The average molecular weight is 285 g/mol. The Bertz CT molecular complexity index is 387. The first-order valence-electron chi connectivity index (χ1n) is 6.27. The highest BCUT2D eigenvalue weighted by Crippen LogP contribution is 2.31. The molecular formula is C14H23NO3S. The van der Waals surface area contributed by atoms with Crippen molar-refractivity contribution in [1.29, 1.82) is 0 Å². The van der Waals surface area contributed by atoms with Gasteiger partial charge >= 0.3 is 0 Å². The van der Waals surface area contributed by atoms with Gasteiger partial charge in [0.15, 0.2) is 11.5 Å². The summed E-state index contributed by atoms with van der Waals surface area (Å²) in [5.41, 5.74) is 1.15. The van der Waals surface area contributed by atoms with E-state index in [1.54, 1.807) is 26.0 Å². The molecule has 0 fully saturated rings. The number of aliphatic hydroxyl groups excluding tert-OH is 1. The Balaban J connectivity index is 2.80. The molecule has 0 aliphatic carbocycles. The van der Waals surface area contributed by atoms with Gasteiger partial charge in [0.05, 0.1) is 20.8 Å². The van der Waals surface area contributed by atoms with Gasteiger partial charge in [-0.1, -0.05) is 13.0 Å². The summed E-state index contributed by atoms with van der Waals surface area (Å²) < 4.78 is 10.6. The number of methoxy groups -OCH3 is 2. The molecule has 5 heteroatoms. The average Bonchev–Trinajstić information content (AvgIpc) is 2.47. The van der Waals surface area contributed by atoms with E-state index >= 15 is 0 Å². The third-order valence-electron chi connectivity index (χ3n) is 2.96. The summed E-state index contributed by atoms with van der Waals surface area (Å²) in [5, 5.41) is 12.6. The number of benzene rings is 1. The second-order valence-electron chi connectivity index (χ2n) is 4.28. The van der Waals surface area contributed by atoms with Crippen LogP contribution in [0, 0.1) is 0 Å². The molecule has 1 rings (SSSR count). The Labute approximate surface area is 119 Å². The molecule has 0 saturated carbocycles. The minimum Gasteiger partial charge on any atom is -0.493 e. The summed E-state index contributed by atoms with van der Waals surface area (Å²) in [6.45, 7) is 2.22. The van der Waals surface area contributed by atoms with Crippen LogP contribution >= 0.6 is 11.8 Å². The van der Waals surface area contributed by atoms with E-state index in [0.717, 1.165) is 22.8 Å². The molecule has 0 amide bonds. The summed E-state index contributed by atoms with van der Waals surface area (Å²) in [6.07, 6.45) is 0. The van der Waals surface area contributed by atoms with Crippen LogP contribution in [0.5, 0.6) is 11.5 Å². The van der Waals surface area contributed by atoms with Gasteiger partial charge in [-0.05, 0) is 24.7 Å². The van der Waals surface area contributed by atoms with E-state index in [1.165, 1.54) is 0 Å². The smallest absolute Gasteiger partial charge is 0.161 e. The molecule has 0 aromatic heterocycles.